The van der Waals surface area contributed by atoms with Gasteiger partial charge in [0, 0.05) is 0 Å². The lowest BCUT2D eigenvalue weighted by molar-refractivity contribution is -0.124. The predicted molar refractivity (Wildman–Crippen MR) is 65.9 cm³/mol. The molecule has 0 fully saturated rings. The Balaban J connectivity index is 2.84. The van der Waals surface area contributed by atoms with Crippen molar-refractivity contribution in [3.05, 3.63) is 35.9 Å². The van der Waals surface area contributed by atoms with Crippen LogP contribution in [0, 0.1) is 17.2 Å². The maximum absolute atomic E-state index is 11.7. The van der Waals surface area contributed by atoms with Gasteiger partial charge in [-0.25, -0.2) is 0 Å². The number of nitrogens with two attached hydrogens (primary N) is 1. The molecule has 5 heteroatoms. The van der Waals surface area contributed by atoms with Crippen LogP contribution in [0.25, 0.3) is 0 Å². The van der Waals surface area contributed by atoms with Gasteiger partial charge in [0.1, 0.15) is 5.92 Å². The topological polar surface area (TPSA) is 96.0 Å². The lowest BCUT2D eigenvalue weighted by Crippen LogP contribution is -2.34. The number of hydrogen-bond acceptors (Lipinski definition) is 3. The fourth-order valence-corrected chi connectivity index (χ4v) is 1.49. The number of rotatable bonds is 5. The van der Waals surface area contributed by atoms with Crippen molar-refractivity contribution in [2.45, 2.75) is 19.4 Å². The van der Waals surface area contributed by atoms with Crippen LogP contribution < -0.4 is 11.1 Å². The van der Waals surface area contributed by atoms with E-state index in [1.165, 1.54) is 6.92 Å². The summed E-state index contributed by atoms with van der Waals surface area (Å²) in [5.41, 5.74) is 5.95. The van der Waals surface area contributed by atoms with Crippen molar-refractivity contribution in [2.24, 2.45) is 11.7 Å². The smallest absolute Gasteiger partial charge is 0.237 e. The van der Waals surface area contributed by atoms with Gasteiger partial charge in [0.25, 0.3) is 0 Å². The minimum atomic E-state index is -0.760. The highest BCUT2D eigenvalue weighted by Gasteiger charge is 2.20. The van der Waals surface area contributed by atoms with Crippen molar-refractivity contribution in [3.63, 3.8) is 0 Å². The number of benzene rings is 1. The van der Waals surface area contributed by atoms with Crippen LogP contribution in [0.15, 0.2) is 30.3 Å². The molecule has 0 spiro atoms. The van der Waals surface area contributed by atoms with Crippen LogP contribution in [0.3, 0.4) is 0 Å². The number of amides is 2. The third-order valence-electron chi connectivity index (χ3n) is 2.51. The van der Waals surface area contributed by atoms with E-state index in [-0.39, 0.29) is 6.42 Å². The monoisotopic (exact) mass is 245 g/mol. The van der Waals surface area contributed by atoms with Gasteiger partial charge in [-0.05, 0) is 12.5 Å². The van der Waals surface area contributed by atoms with E-state index >= 15 is 0 Å². The second-order valence-corrected chi connectivity index (χ2v) is 3.99. The Kier molecular flexibility index (Phi) is 4.88. The molecule has 0 heterocycles. The summed E-state index contributed by atoms with van der Waals surface area (Å²) in [6.07, 6.45) is 0.00784. The molecule has 18 heavy (non-hydrogen) atoms. The molecule has 0 aromatic heterocycles. The van der Waals surface area contributed by atoms with Gasteiger partial charge >= 0.3 is 0 Å². The Morgan fingerprint density at radius 1 is 1.39 bits per heavy atom. The molecule has 1 rings (SSSR count). The molecule has 0 saturated carbocycles. The van der Waals surface area contributed by atoms with Gasteiger partial charge in [0.15, 0.2) is 0 Å². The largest absolute Gasteiger partial charge is 0.370 e. The quantitative estimate of drug-likeness (QED) is 0.805. The number of carbonyl (C=O) groups is 2. The summed E-state index contributed by atoms with van der Waals surface area (Å²) in [5.74, 6) is -1.68. The first kappa shape index (κ1) is 13.7. The fraction of sp³-hybridized carbons (Fsp3) is 0.308. The lowest BCUT2D eigenvalue weighted by atomic mass is 10.0. The summed E-state index contributed by atoms with van der Waals surface area (Å²) >= 11 is 0. The number of nitriles is 1. The summed E-state index contributed by atoms with van der Waals surface area (Å²) in [7, 11) is 0. The van der Waals surface area contributed by atoms with E-state index in [1.807, 2.05) is 24.3 Å². The van der Waals surface area contributed by atoms with Gasteiger partial charge in [-0.3, -0.25) is 9.59 Å². The number of carbonyl (C=O) groups excluding carboxylic acids is 2. The summed E-state index contributed by atoms with van der Waals surface area (Å²) in [5, 5.41) is 11.3. The zero-order valence-electron chi connectivity index (χ0n) is 10.1. The Morgan fingerprint density at radius 2 is 2.00 bits per heavy atom. The zero-order chi connectivity index (χ0) is 13.5. The normalized spacial score (nSPS) is 13.1. The predicted octanol–water partition coefficient (Wildman–Crippen LogP) is 0.879. The van der Waals surface area contributed by atoms with Crippen LogP contribution in [0.4, 0.5) is 0 Å². The highest BCUT2D eigenvalue weighted by atomic mass is 16.2. The molecule has 0 aliphatic heterocycles. The van der Waals surface area contributed by atoms with E-state index in [9.17, 15) is 9.59 Å². The van der Waals surface area contributed by atoms with Crippen molar-refractivity contribution in [1.29, 1.82) is 5.26 Å². The molecule has 1 aromatic carbocycles. The molecule has 0 saturated heterocycles. The average molecular weight is 245 g/mol. The van der Waals surface area contributed by atoms with Crippen LogP contribution in [0.1, 0.15) is 24.9 Å². The molecule has 3 N–H and O–H groups in total. The van der Waals surface area contributed by atoms with Gasteiger partial charge in [-0.2, -0.15) is 5.26 Å². The third-order valence-corrected chi connectivity index (χ3v) is 2.51. The van der Waals surface area contributed by atoms with Crippen molar-refractivity contribution < 1.29 is 9.59 Å². The molecule has 2 unspecified atom stereocenters. The van der Waals surface area contributed by atoms with E-state index in [2.05, 4.69) is 5.32 Å². The maximum Gasteiger partial charge on any atom is 0.237 e. The van der Waals surface area contributed by atoms with Gasteiger partial charge in [0.05, 0.1) is 18.5 Å². The standard InChI is InChI=1S/C13H15N3O2/c1-9(8-14)13(18)16-11(7-12(15)17)10-5-3-2-4-6-10/h2-6,9,11H,7H2,1H3,(H2,15,17)(H,16,18). The molecule has 0 aliphatic rings. The van der Waals surface area contributed by atoms with Crippen molar-refractivity contribution in [2.75, 3.05) is 0 Å². The van der Waals surface area contributed by atoms with E-state index in [0.29, 0.717) is 0 Å². The van der Waals surface area contributed by atoms with Crippen molar-refractivity contribution in [3.8, 4) is 6.07 Å². The first-order valence-corrected chi connectivity index (χ1v) is 5.58. The van der Waals surface area contributed by atoms with Gasteiger partial charge in [-0.15, -0.1) is 0 Å². The minimum absolute atomic E-state index is 0.00784. The van der Waals surface area contributed by atoms with Crippen LogP contribution in [0.5, 0.6) is 0 Å². The number of nitrogens with zero attached hydrogens (tertiary/aromatic N) is 1. The number of nitrogens with one attached hydrogen (secondary N) is 1. The Labute approximate surface area is 106 Å². The third kappa shape index (κ3) is 3.91. The van der Waals surface area contributed by atoms with Crippen LogP contribution >= 0.6 is 0 Å². The van der Waals surface area contributed by atoms with Crippen molar-refractivity contribution >= 4 is 11.8 Å². The molecule has 0 aliphatic carbocycles. The molecule has 2 amide bonds. The highest BCUT2D eigenvalue weighted by molar-refractivity contribution is 5.82. The second-order valence-electron chi connectivity index (χ2n) is 3.99. The fourth-order valence-electron chi connectivity index (χ4n) is 1.49. The zero-order valence-corrected chi connectivity index (χ0v) is 10.1. The average Bonchev–Trinajstić information content (AvgIpc) is 2.37. The van der Waals surface area contributed by atoms with E-state index in [0.717, 1.165) is 5.56 Å². The van der Waals surface area contributed by atoms with Crippen molar-refractivity contribution in [1.82, 2.24) is 5.32 Å². The second kappa shape index (κ2) is 6.40. The van der Waals surface area contributed by atoms with Crippen LogP contribution in [-0.2, 0) is 9.59 Å². The molecular formula is C13H15N3O2. The molecule has 94 valence electrons. The molecule has 1 aromatic rings. The lowest BCUT2D eigenvalue weighted by Gasteiger charge is -2.18. The van der Waals surface area contributed by atoms with E-state index < -0.39 is 23.8 Å². The Bertz CT molecular complexity index is 465. The van der Waals surface area contributed by atoms with Gasteiger partial charge in [0.2, 0.25) is 11.8 Å². The summed E-state index contributed by atoms with van der Waals surface area (Å²) in [6.45, 7) is 1.50. The molecule has 5 nitrogen and oxygen atoms in total. The summed E-state index contributed by atoms with van der Waals surface area (Å²) < 4.78 is 0. The minimum Gasteiger partial charge on any atom is -0.370 e. The molecule has 2 atom stereocenters. The van der Waals surface area contributed by atoms with E-state index in [1.54, 1.807) is 12.1 Å². The summed E-state index contributed by atoms with van der Waals surface area (Å²) in [4.78, 5) is 22.7. The number of hydrogen-bond donors (Lipinski definition) is 2. The number of primary amides is 1. The summed E-state index contributed by atoms with van der Waals surface area (Å²) in [6, 6.07) is 10.4. The van der Waals surface area contributed by atoms with Crippen LogP contribution in [0.2, 0.25) is 0 Å². The van der Waals surface area contributed by atoms with Gasteiger partial charge < -0.3 is 11.1 Å². The Morgan fingerprint density at radius 3 is 2.50 bits per heavy atom. The molecule has 0 bridgehead atoms. The Hall–Kier alpha value is -2.35. The van der Waals surface area contributed by atoms with E-state index in [4.69, 9.17) is 11.0 Å². The molecular weight excluding hydrogens is 230 g/mol. The first-order chi connectivity index (χ1) is 8.54. The van der Waals surface area contributed by atoms with Crippen LogP contribution in [-0.4, -0.2) is 11.8 Å². The SMILES string of the molecule is CC(C#N)C(=O)NC(CC(N)=O)c1ccccc1. The molecule has 0 radical (unpaired) electrons. The highest BCUT2D eigenvalue weighted by Crippen LogP contribution is 2.16. The van der Waals surface area contributed by atoms with Gasteiger partial charge in [-0.1, -0.05) is 30.3 Å². The first-order valence-electron chi connectivity index (χ1n) is 5.58. The maximum atomic E-state index is 11.7.